The summed E-state index contributed by atoms with van der Waals surface area (Å²) >= 11 is 0. The van der Waals surface area contributed by atoms with Crippen LogP contribution in [-0.2, 0) is 19.4 Å². The molecule has 0 saturated heterocycles. The van der Waals surface area contributed by atoms with Crippen LogP contribution in [0.5, 0.6) is 0 Å². The highest BCUT2D eigenvalue weighted by molar-refractivity contribution is 5.88. The summed E-state index contributed by atoms with van der Waals surface area (Å²) in [6.07, 6.45) is 3.66. The molecule has 0 saturated carbocycles. The van der Waals surface area contributed by atoms with E-state index in [0.29, 0.717) is 0 Å². The molecule has 2 heteroatoms. The Labute approximate surface area is 103 Å². The van der Waals surface area contributed by atoms with Gasteiger partial charge in [-0.05, 0) is 50.9 Å². The van der Waals surface area contributed by atoms with Gasteiger partial charge in [0.25, 0.3) is 0 Å². The van der Waals surface area contributed by atoms with E-state index < -0.39 is 0 Å². The van der Waals surface area contributed by atoms with Crippen LogP contribution in [0.15, 0.2) is 18.2 Å². The standard InChI is InChI=1S/C15H20N2/c1-11-13(8-9-16-2)14-7-3-5-12-6-4-10-17(11)15(12)14/h3,5,7,16H,4,6,8-10H2,1-2H3. The van der Waals surface area contributed by atoms with Crippen molar-refractivity contribution in [3.05, 3.63) is 35.0 Å². The number of hydrogen-bond acceptors (Lipinski definition) is 1. The second-order valence-electron chi connectivity index (χ2n) is 4.99. The van der Waals surface area contributed by atoms with Gasteiger partial charge in [-0.2, -0.15) is 0 Å². The Morgan fingerprint density at radius 3 is 3.06 bits per heavy atom. The molecule has 1 aliphatic rings. The number of aryl methyl sites for hydroxylation is 2. The minimum Gasteiger partial charge on any atom is -0.344 e. The van der Waals surface area contributed by atoms with E-state index >= 15 is 0 Å². The van der Waals surface area contributed by atoms with Crippen molar-refractivity contribution < 1.29 is 0 Å². The van der Waals surface area contributed by atoms with E-state index in [1.54, 1.807) is 0 Å². The summed E-state index contributed by atoms with van der Waals surface area (Å²) in [7, 11) is 2.03. The predicted octanol–water partition coefficient (Wildman–Crippen LogP) is 2.66. The second-order valence-corrected chi connectivity index (χ2v) is 4.99. The van der Waals surface area contributed by atoms with Crippen LogP contribution >= 0.6 is 0 Å². The van der Waals surface area contributed by atoms with Gasteiger partial charge in [-0.15, -0.1) is 0 Å². The smallest absolute Gasteiger partial charge is 0.0517 e. The summed E-state index contributed by atoms with van der Waals surface area (Å²) in [6.45, 7) is 4.53. The maximum absolute atomic E-state index is 3.26. The van der Waals surface area contributed by atoms with E-state index in [2.05, 4.69) is 35.0 Å². The fourth-order valence-corrected chi connectivity index (χ4v) is 3.15. The molecule has 0 amide bonds. The molecule has 0 bridgehead atoms. The van der Waals surface area contributed by atoms with Gasteiger partial charge in [0.1, 0.15) is 0 Å². The molecule has 0 unspecified atom stereocenters. The number of rotatable bonds is 3. The average Bonchev–Trinajstić information content (AvgIpc) is 2.64. The van der Waals surface area contributed by atoms with Crippen molar-refractivity contribution >= 4 is 10.9 Å². The fourth-order valence-electron chi connectivity index (χ4n) is 3.15. The number of likely N-dealkylation sites (N-methyl/N-ethyl adjacent to an activating group) is 1. The van der Waals surface area contributed by atoms with Gasteiger partial charge in [0, 0.05) is 17.6 Å². The van der Waals surface area contributed by atoms with Crippen LogP contribution in [0.3, 0.4) is 0 Å². The van der Waals surface area contributed by atoms with Crippen molar-refractivity contribution in [1.29, 1.82) is 0 Å². The molecule has 1 aromatic heterocycles. The van der Waals surface area contributed by atoms with Crippen molar-refractivity contribution in [1.82, 2.24) is 9.88 Å². The zero-order chi connectivity index (χ0) is 11.8. The molecule has 1 aliphatic heterocycles. The molecule has 2 heterocycles. The van der Waals surface area contributed by atoms with Gasteiger partial charge in [0.05, 0.1) is 5.52 Å². The zero-order valence-electron chi connectivity index (χ0n) is 10.7. The molecule has 0 radical (unpaired) electrons. The fraction of sp³-hybridized carbons (Fsp3) is 0.467. The Hall–Kier alpha value is -1.28. The van der Waals surface area contributed by atoms with Crippen LogP contribution in [0.25, 0.3) is 10.9 Å². The first-order chi connectivity index (χ1) is 8.33. The van der Waals surface area contributed by atoms with E-state index in [-0.39, 0.29) is 0 Å². The van der Waals surface area contributed by atoms with Crippen LogP contribution in [0, 0.1) is 6.92 Å². The van der Waals surface area contributed by atoms with Crippen molar-refractivity contribution in [2.24, 2.45) is 0 Å². The molecule has 0 spiro atoms. The maximum Gasteiger partial charge on any atom is 0.0517 e. The molecule has 1 N–H and O–H groups in total. The number of nitrogens with zero attached hydrogens (tertiary/aromatic N) is 1. The molecule has 0 atom stereocenters. The van der Waals surface area contributed by atoms with Gasteiger partial charge in [0.15, 0.2) is 0 Å². The Morgan fingerprint density at radius 1 is 1.35 bits per heavy atom. The van der Waals surface area contributed by atoms with Crippen molar-refractivity contribution in [2.45, 2.75) is 32.7 Å². The Balaban J connectivity index is 2.23. The lowest BCUT2D eigenvalue weighted by molar-refractivity contribution is 0.620. The minimum atomic E-state index is 1.06. The van der Waals surface area contributed by atoms with Crippen molar-refractivity contribution in [2.75, 3.05) is 13.6 Å². The van der Waals surface area contributed by atoms with Gasteiger partial charge in [-0.25, -0.2) is 0 Å². The van der Waals surface area contributed by atoms with Crippen molar-refractivity contribution in [3.63, 3.8) is 0 Å². The number of hydrogen-bond donors (Lipinski definition) is 1. The highest BCUT2D eigenvalue weighted by Crippen LogP contribution is 2.32. The molecule has 17 heavy (non-hydrogen) atoms. The third-order valence-corrected chi connectivity index (χ3v) is 4.01. The normalized spacial score (nSPS) is 14.5. The number of para-hydroxylation sites is 1. The number of aromatic nitrogens is 1. The number of benzene rings is 1. The third kappa shape index (κ3) is 1.59. The van der Waals surface area contributed by atoms with E-state index in [0.717, 1.165) is 13.0 Å². The third-order valence-electron chi connectivity index (χ3n) is 4.01. The first-order valence-electron chi connectivity index (χ1n) is 6.57. The van der Waals surface area contributed by atoms with E-state index in [1.807, 2.05) is 7.05 Å². The molecule has 0 aliphatic carbocycles. The minimum absolute atomic E-state index is 1.06. The summed E-state index contributed by atoms with van der Waals surface area (Å²) in [5.41, 5.74) is 6.05. The quantitative estimate of drug-likeness (QED) is 0.854. The Kier molecular flexibility index (Phi) is 2.67. The highest BCUT2D eigenvalue weighted by atomic mass is 15.0. The lowest BCUT2D eigenvalue weighted by atomic mass is 10.0. The zero-order valence-corrected chi connectivity index (χ0v) is 10.7. The molecule has 2 aromatic rings. The highest BCUT2D eigenvalue weighted by Gasteiger charge is 2.18. The van der Waals surface area contributed by atoms with Crippen LogP contribution < -0.4 is 5.32 Å². The Bertz CT molecular complexity index is 552. The monoisotopic (exact) mass is 228 g/mol. The Morgan fingerprint density at radius 2 is 2.24 bits per heavy atom. The maximum atomic E-state index is 3.26. The summed E-state index contributed by atoms with van der Waals surface area (Å²) in [5.74, 6) is 0. The molecular formula is C15H20N2. The van der Waals surface area contributed by atoms with E-state index in [1.165, 1.54) is 47.1 Å². The molecule has 0 fully saturated rings. The van der Waals surface area contributed by atoms with Gasteiger partial charge >= 0.3 is 0 Å². The largest absolute Gasteiger partial charge is 0.344 e. The summed E-state index contributed by atoms with van der Waals surface area (Å²) in [6, 6.07) is 6.80. The molecular weight excluding hydrogens is 208 g/mol. The van der Waals surface area contributed by atoms with Crippen LogP contribution in [0.4, 0.5) is 0 Å². The van der Waals surface area contributed by atoms with Crippen LogP contribution in [0.1, 0.15) is 23.2 Å². The first kappa shape index (κ1) is 10.8. The number of nitrogens with one attached hydrogen (secondary N) is 1. The van der Waals surface area contributed by atoms with E-state index in [9.17, 15) is 0 Å². The lowest BCUT2D eigenvalue weighted by Crippen LogP contribution is -2.11. The SMILES string of the molecule is CNCCc1c(C)n2c3c(cccc13)CCC2. The molecule has 90 valence electrons. The molecule has 3 rings (SSSR count). The predicted molar refractivity (Wildman–Crippen MR) is 72.6 cm³/mol. The average molecular weight is 228 g/mol. The summed E-state index contributed by atoms with van der Waals surface area (Å²) in [5, 5.41) is 4.74. The summed E-state index contributed by atoms with van der Waals surface area (Å²) < 4.78 is 2.53. The lowest BCUT2D eigenvalue weighted by Gasteiger charge is -2.16. The van der Waals surface area contributed by atoms with E-state index in [4.69, 9.17) is 0 Å². The topological polar surface area (TPSA) is 17.0 Å². The first-order valence-corrected chi connectivity index (χ1v) is 6.57. The van der Waals surface area contributed by atoms with Gasteiger partial charge in [0.2, 0.25) is 0 Å². The second kappa shape index (κ2) is 4.19. The van der Waals surface area contributed by atoms with Crippen LogP contribution in [0.2, 0.25) is 0 Å². The molecule has 2 nitrogen and oxygen atoms in total. The van der Waals surface area contributed by atoms with Gasteiger partial charge < -0.3 is 9.88 Å². The van der Waals surface area contributed by atoms with Gasteiger partial charge in [-0.3, -0.25) is 0 Å². The van der Waals surface area contributed by atoms with Crippen LogP contribution in [-0.4, -0.2) is 18.2 Å². The summed E-state index contributed by atoms with van der Waals surface area (Å²) in [4.78, 5) is 0. The van der Waals surface area contributed by atoms with Gasteiger partial charge in [-0.1, -0.05) is 18.2 Å². The molecule has 1 aromatic carbocycles. The van der Waals surface area contributed by atoms with Crippen molar-refractivity contribution in [3.8, 4) is 0 Å².